The first-order valence-electron chi connectivity index (χ1n) is 7.81. The normalized spacial score (nSPS) is 16.7. The van der Waals surface area contributed by atoms with E-state index in [0.29, 0.717) is 16.9 Å². The molecule has 0 saturated heterocycles. The van der Waals surface area contributed by atoms with Gasteiger partial charge in [-0.15, -0.1) is 11.3 Å². The highest BCUT2D eigenvalue weighted by atomic mass is 35.5. The molecule has 0 unspecified atom stereocenters. The topological polar surface area (TPSA) is 82.6 Å². The van der Waals surface area contributed by atoms with E-state index < -0.39 is 10.0 Å². The van der Waals surface area contributed by atoms with Crippen LogP contribution < -0.4 is 15.4 Å². The minimum atomic E-state index is -3.50. The number of nitrogens with zero attached hydrogens (tertiary/aromatic N) is 1. The molecule has 9 heteroatoms. The second-order valence-corrected chi connectivity index (χ2v) is 9.05. The predicted octanol–water partition coefficient (Wildman–Crippen LogP) is 2.18. The van der Waals surface area contributed by atoms with Crippen LogP contribution in [0.15, 0.2) is 21.3 Å². The summed E-state index contributed by atoms with van der Waals surface area (Å²) in [5.41, 5.74) is 0. The van der Waals surface area contributed by atoms with Gasteiger partial charge < -0.3 is 10.6 Å². The van der Waals surface area contributed by atoms with Gasteiger partial charge >= 0.3 is 0 Å². The number of hydrogen-bond donors (Lipinski definition) is 3. The monoisotopic (exact) mass is 378 g/mol. The van der Waals surface area contributed by atoms with Crippen molar-refractivity contribution in [2.75, 3.05) is 19.6 Å². The van der Waals surface area contributed by atoms with Crippen LogP contribution >= 0.6 is 22.9 Å². The third kappa shape index (κ3) is 5.95. The van der Waals surface area contributed by atoms with Crippen molar-refractivity contribution >= 4 is 38.9 Å². The van der Waals surface area contributed by atoms with E-state index in [1.165, 1.54) is 18.9 Å². The first-order chi connectivity index (χ1) is 11.0. The van der Waals surface area contributed by atoms with Gasteiger partial charge in [-0.1, -0.05) is 24.4 Å². The van der Waals surface area contributed by atoms with Crippen molar-refractivity contribution in [1.29, 1.82) is 0 Å². The fourth-order valence-corrected chi connectivity index (χ4v) is 4.99. The van der Waals surface area contributed by atoms with E-state index in [-0.39, 0.29) is 10.8 Å². The summed E-state index contributed by atoms with van der Waals surface area (Å²) < 4.78 is 27.3. The zero-order valence-corrected chi connectivity index (χ0v) is 15.5. The molecule has 0 atom stereocenters. The molecular weight excluding hydrogens is 356 g/mol. The molecule has 0 amide bonds. The van der Waals surface area contributed by atoms with E-state index in [1.54, 1.807) is 6.07 Å². The van der Waals surface area contributed by atoms with E-state index >= 15 is 0 Å². The molecule has 0 spiro atoms. The van der Waals surface area contributed by atoms with Gasteiger partial charge in [-0.2, -0.15) is 0 Å². The highest BCUT2D eigenvalue weighted by Gasteiger charge is 2.17. The molecule has 6 nitrogen and oxygen atoms in total. The zero-order chi connectivity index (χ0) is 16.7. The smallest absolute Gasteiger partial charge is 0.250 e. The third-order valence-electron chi connectivity index (χ3n) is 3.53. The molecule has 1 aromatic rings. The lowest BCUT2D eigenvalue weighted by atomic mass is 10.2. The number of aliphatic imine (C=N–C) groups is 1. The summed E-state index contributed by atoms with van der Waals surface area (Å²) in [5, 5.41) is 6.58. The van der Waals surface area contributed by atoms with Crippen LogP contribution in [-0.4, -0.2) is 40.1 Å². The summed E-state index contributed by atoms with van der Waals surface area (Å²) in [4.78, 5) is 4.42. The number of guanidine groups is 1. The molecule has 1 heterocycles. The van der Waals surface area contributed by atoms with Crippen LogP contribution in [0.3, 0.4) is 0 Å². The number of sulfonamides is 1. The Balaban J connectivity index is 1.83. The van der Waals surface area contributed by atoms with Crippen LogP contribution in [0.5, 0.6) is 0 Å². The second-order valence-electron chi connectivity index (χ2n) is 5.34. The van der Waals surface area contributed by atoms with E-state index in [9.17, 15) is 8.42 Å². The lowest BCUT2D eigenvalue weighted by Gasteiger charge is -2.16. The molecule has 1 fully saturated rings. The number of rotatable bonds is 7. The SMILES string of the molecule is CCNC(=NCCNS(=O)(=O)c1ccc(Cl)s1)NC1CCCC1. The van der Waals surface area contributed by atoms with E-state index in [0.717, 1.165) is 36.7 Å². The van der Waals surface area contributed by atoms with Crippen LogP contribution in [0.2, 0.25) is 4.34 Å². The molecule has 130 valence electrons. The standard InChI is InChI=1S/C14H23ClN4O2S2/c1-2-16-14(19-11-5-3-4-6-11)17-9-10-18-23(20,21)13-8-7-12(15)22-13/h7-8,11,18H,2-6,9-10H2,1H3,(H2,16,17,19). The van der Waals surface area contributed by atoms with Crippen LogP contribution in [0.4, 0.5) is 0 Å². The van der Waals surface area contributed by atoms with Crippen LogP contribution in [0, 0.1) is 0 Å². The Kier molecular flexibility index (Phi) is 7.13. The van der Waals surface area contributed by atoms with Gasteiger partial charge in [0.05, 0.1) is 10.9 Å². The average molecular weight is 379 g/mol. The lowest BCUT2D eigenvalue weighted by molar-refractivity contribution is 0.583. The molecule has 2 rings (SSSR count). The van der Waals surface area contributed by atoms with Gasteiger partial charge in [0.15, 0.2) is 5.96 Å². The molecule has 0 aliphatic heterocycles. The Hall–Kier alpha value is -0.830. The molecule has 3 N–H and O–H groups in total. The summed E-state index contributed by atoms with van der Waals surface area (Å²) >= 11 is 6.82. The maximum Gasteiger partial charge on any atom is 0.250 e. The minimum Gasteiger partial charge on any atom is -0.357 e. The van der Waals surface area contributed by atoms with Gasteiger partial charge in [0.1, 0.15) is 4.21 Å². The van der Waals surface area contributed by atoms with Crippen molar-refractivity contribution in [2.24, 2.45) is 4.99 Å². The molecule has 0 aromatic carbocycles. The maximum absolute atomic E-state index is 12.1. The van der Waals surface area contributed by atoms with E-state index in [2.05, 4.69) is 20.3 Å². The Morgan fingerprint density at radius 3 is 2.74 bits per heavy atom. The summed E-state index contributed by atoms with van der Waals surface area (Å²) in [7, 11) is -3.50. The van der Waals surface area contributed by atoms with Crippen molar-refractivity contribution in [3.63, 3.8) is 0 Å². The Labute approximate surface area is 146 Å². The Morgan fingerprint density at radius 1 is 1.39 bits per heavy atom. The lowest BCUT2D eigenvalue weighted by Crippen LogP contribution is -2.42. The van der Waals surface area contributed by atoms with Gasteiger partial charge in [-0.3, -0.25) is 4.99 Å². The molecule has 1 aliphatic carbocycles. The van der Waals surface area contributed by atoms with Crippen molar-refractivity contribution in [3.8, 4) is 0 Å². The first kappa shape index (κ1) is 18.5. The predicted molar refractivity (Wildman–Crippen MR) is 95.9 cm³/mol. The quantitative estimate of drug-likeness (QED) is 0.386. The van der Waals surface area contributed by atoms with Gasteiger partial charge in [-0.05, 0) is 31.9 Å². The fourth-order valence-electron chi connectivity index (χ4n) is 2.44. The van der Waals surface area contributed by atoms with E-state index in [4.69, 9.17) is 11.6 Å². The van der Waals surface area contributed by atoms with Gasteiger partial charge in [0.25, 0.3) is 0 Å². The van der Waals surface area contributed by atoms with Crippen molar-refractivity contribution in [1.82, 2.24) is 15.4 Å². The summed E-state index contributed by atoms with van der Waals surface area (Å²) in [5.74, 6) is 0.748. The maximum atomic E-state index is 12.1. The van der Waals surface area contributed by atoms with Gasteiger partial charge in [0, 0.05) is 19.1 Å². The zero-order valence-electron chi connectivity index (χ0n) is 13.1. The second kappa shape index (κ2) is 8.86. The average Bonchev–Trinajstić information content (AvgIpc) is 3.15. The van der Waals surface area contributed by atoms with Crippen molar-refractivity contribution in [2.45, 2.75) is 42.9 Å². The molecule has 1 saturated carbocycles. The van der Waals surface area contributed by atoms with Crippen molar-refractivity contribution in [3.05, 3.63) is 16.5 Å². The fraction of sp³-hybridized carbons (Fsp3) is 0.643. The van der Waals surface area contributed by atoms with Crippen LogP contribution in [-0.2, 0) is 10.0 Å². The highest BCUT2D eigenvalue weighted by Crippen LogP contribution is 2.25. The Morgan fingerprint density at radius 2 is 2.13 bits per heavy atom. The van der Waals surface area contributed by atoms with Crippen molar-refractivity contribution < 1.29 is 8.42 Å². The van der Waals surface area contributed by atoms with Crippen LogP contribution in [0.25, 0.3) is 0 Å². The first-order valence-corrected chi connectivity index (χ1v) is 10.5. The molecule has 1 aliphatic rings. The molecule has 0 radical (unpaired) electrons. The molecule has 23 heavy (non-hydrogen) atoms. The highest BCUT2D eigenvalue weighted by molar-refractivity contribution is 7.91. The number of hydrogen-bond acceptors (Lipinski definition) is 4. The number of nitrogens with one attached hydrogen (secondary N) is 3. The summed E-state index contributed by atoms with van der Waals surface area (Å²) in [6, 6.07) is 3.55. The molecule has 1 aromatic heterocycles. The summed E-state index contributed by atoms with van der Waals surface area (Å²) in [6.07, 6.45) is 4.83. The largest absolute Gasteiger partial charge is 0.357 e. The van der Waals surface area contributed by atoms with Gasteiger partial charge in [0.2, 0.25) is 10.0 Å². The molecule has 0 bridgehead atoms. The number of thiophene rings is 1. The molecular formula is C14H23ClN4O2S2. The van der Waals surface area contributed by atoms with Crippen LogP contribution in [0.1, 0.15) is 32.6 Å². The van der Waals surface area contributed by atoms with Gasteiger partial charge in [-0.25, -0.2) is 13.1 Å². The third-order valence-corrected chi connectivity index (χ3v) is 6.71. The van der Waals surface area contributed by atoms with E-state index in [1.807, 2.05) is 6.92 Å². The summed E-state index contributed by atoms with van der Waals surface area (Å²) in [6.45, 7) is 3.41. The Bertz CT molecular complexity index is 624. The number of halogens is 1. The minimum absolute atomic E-state index is 0.225.